The first kappa shape index (κ1) is 22.6. The van der Waals surface area contributed by atoms with Gasteiger partial charge in [0.2, 0.25) is 0 Å². The van der Waals surface area contributed by atoms with Gasteiger partial charge in [-0.15, -0.1) is 24.0 Å². The van der Waals surface area contributed by atoms with E-state index >= 15 is 0 Å². The van der Waals surface area contributed by atoms with Crippen LogP contribution in [0.2, 0.25) is 0 Å². The number of nitrogens with zero attached hydrogens (tertiary/aromatic N) is 2. The molecule has 0 saturated carbocycles. The molecule has 26 heavy (non-hydrogen) atoms. The molecule has 1 aromatic carbocycles. The Labute approximate surface area is 170 Å². The lowest BCUT2D eigenvalue weighted by Gasteiger charge is -2.16. The zero-order valence-corrected chi connectivity index (χ0v) is 17.8. The average Bonchev–Trinajstić information content (AvgIpc) is 2.92. The van der Waals surface area contributed by atoms with E-state index in [1.54, 1.807) is 19.2 Å². The van der Waals surface area contributed by atoms with Gasteiger partial charge in [0.05, 0.1) is 16.4 Å². The fourth-order valence-corrected chi connectivity index (χ4v) is 4.42. The molecular formula is C16H25IN4O4S. The van der Waals surface area contributed by atoms with Gasteiger partial charge in [-0.05, 0) is 31.2 Å². The van der Waals surface area contributed by atoms with Crippen LogP contribution in [-0.2, 0) is 16.3 Å². The van der Waals surface area contributed by atoms with Crippen molar-refractivity contribution in [3.8, 4) is 0 Å². The number of halogens is 1. The monoisotopic (exact) mass is 496 g/mol. The normalized spacial score (nSPS) is 18.8. The molecule has 0 aliphatic carbocycles. The average molecular weight is 496 g/mol. The topological polar surface area (TPSA) is 114 Å². The summed E-state index contributed by atoms with van der Waals surface area (Å²) in [5.41, 5.74) is 1.18. The van der Waals surface area contributed by atoms with Gasteiger partial charge in [0.25, 0.3) is 5.69 Å². The molecule has 1 aliphatic rings. The van der Waals surface area contributed by atoms with Gasteiger partial charge in [0.1, 0.15) is 0 Å². The Hall–Kier alpha value is -1.43. The summed E-state index contributed by atoms with van der Waals surface area (Å²) in [5, 5.41) is 16.9. The number of unbranched alkanes of at least 4 members (excludes halogenated alkanes) is 1. The molecule has 0 spiro atoms. The molecule has 1 atom stereocenters. The van der Waals surface area contributed by atoms with Crippen LogP contribution in [0.5, 0.6) is 0 Å². The van der Waals surface area contributed by atoms with Crippen molar-refractivity contribution >= 4 is 45.5 Å². The van der Waals surface area contributed by atoms with Crippen LogP contribution in [0, 0.1) is 10.1 Å². The van der Waals surface area contributed by atoms with E-state index in [4.69, 9.17) is 0 Å². The molecule has 0 aromatic heterocycles. The predicted molar refractivity (Wildman–Crippen MR) is 113 cm³/mol. The van der Waals surface area contributed by atoms with Crippen molar-refractivity contribution in [1.82, 2.24) is 10.6 Å². The first-order valence-electron chi connectivity index (χ1n) is 8.30. The third-order valence-electron chi connectivity index (χ3n) is 4.13. The Morgan fingerprint density at radius 2 is 2.00 bits per heavy atom. The van der Waals surface area contributed by atoms with Crippen molar-refractivity contribution in [3.63, 3.8) is 0 Å². The maximum absolute atomic E-state index is 11.5. The second kappa shape index (κ2) is 10.7. The van der Waals surface area contributed by atoms with Gasteiger partial charge in [-0.1, -0.05) is 12.1 Å². The number of hydrogen-bond donors (Lipinski definition) is 2. The van der Waals surface area contributed by atoms with E-state index in [1.165, 1.54) is 12.1 Å². The van der Waals surface area contributed by atoms with Crippen molar-refractivity contribution in [1.29, 1.82) is 0 Å². The van der Waals surface area contributed by atoms with Gasteiger partial charge >= 0.3 is 0 Å². The van der Waals surface area contributed by atoms with Crippen LogP contribution in [0.25, 0.3) is 0 Å². The largest absolute Gasteiger partial charge is 0.356 e. The van der Waals surface area contributed by atoms with E-state index < -0.39 is 14.8 Å². The van der Waals surface area contributed by atoms with Gasteiger partial charge in [-0.3, -0.25) is 15.1 Å². The molecule has 1 saturated heterocycles. The summed E-state index contributed by atoms with van der Waals surface area (Å²) >= 11 is 0. The fourth-order valence-electron chi connectivity index (χ4n) is 2.74. The number of nitrogens with one attached hydrogen (secondary N) is 2. The highest BCUT2D eigenvalue weighted by molar-refractivity contribution is 14.0. The minimum absolute atomic E-state index is 0. The third kappa shape index (κ3) is 7.44. The molecule has 2 N–H and O–H groups in total. The Bertz CT molecular complexity index is 722. The van der Waals surface area contributed by atoms with Crippen LogP contribution in [-0.4, -0.2) is 50.4 Å². The van der Waals surface area contributed by atoms with E-state index in [0.29, 0.717) is 12.4 Å². The van der Waals surface area contributed by atoms with E-state index in [0.717, 1.165) is 31.4 Å². The van der Waals surface area contributed by atoms with Crippen LogP contribution in [0.15, 0.2) is 29.3 Å². The minimum atomic E-state index is -2.90. The van der Waals surface area contributed by atoms with Gasteiger partial charge < -0.3 is 10.6 Å². The molecule has 1 aromatic rings. The van der Waals surface area contributed by atoms with Crippen molar-refractivity contribution in [2.75, 3.05) is 25.1 Å². The van der Waals surface area contributed by atoms with E-state index in [2.05, 4.69) is 15.6 Å². The van der Waals surface area contributed by atoms with Crippen molar-refractivity contribution < 1.29 is 13.3 Å². The number of non-ortho nitro benzene ring substituents is 1. The summed E-state index contributed by atoms with van der Waals surface area (Å²) in [6.07, 6.45) is 3.33. The van der Waals surface area contributed by atoms with Crippen LogP contribution in [0.1, 0.15) is 24.8 Å². The Morgan fingerprint density at radius 3 is 2.54 bits per heavy atom. The second-order valence-electron chi connectivity index (χ2n) is 6.12. The molecule has 0 amide bonds. The number of sulfone groups is 1. The van der Waals surface area contributed by atoms with E-state index in [-0.39, 0.29) is 47.2 Å². The Kier molecular flexibility index (Phi) is 9.27. The fraction of sp³-hybridized carbons (Fsp3) is 0.562. The first-order chi connectivity index (χ1) is 11.9. The molecule has 0 radical (unpaired) electrons. The number of aryl methyl sites for hydroxylation is 1. The van der Waals surface area contributed by atoms with Crippen LogP contribution in [0.3, 0.4) is 0 Å². The zero-order chi connectivity index (χ0) is 18.3. The molecular weight excluding hydrogens is 471 g/mol. The number of benzene rings is 1. The maximum atomic E-state index is 11.5. The highest BCUT2D eigenvalue weighted by Crippen LogP contribution is 2.13. The molecule has 0 bridgehead atoms. The summed E-state index contributed by atoms with van der Waals surface area (Å²) in [6.45, 7) is 0.728. The molecule has 8 nitrogen and oxygen atoms in total. The number of hydrogen-bond acceptors (Lipinski definition) is 5. The summed E-state index contributed by atoms with van der Waals surface area (Å²) in [6, 6.07) is 6.54. The quantitative estimate of drug-likeness (QED) is 0.149. The van der Waals surface area contributed by atoms with Gasteiger partial charge in [-0.25, -0.2) is 8.42 Å². The van der Waals surface area contributed by atoms with Crippen molar-refractivity contribution in [2.45, 2.75) is 31.7 Å². The smallest absolute Gasteiger partial charge is 0.269 e. The lowest BCUT2D eigenvalue weighted by Crippen LogP contribution is -2.44. The highest BCUT2D eigenvalue weighted by Gasteiger charge is 2.28. The molecule has 10 heteroatoms. The minimum Gasteiger partial charge on any atom is -0.356 e. The molecule has 1 fully saturated rings. The number of rotatable bonds is 7. The van der Waals surface area contributed by atoms with Crippen LogP contribution >= 0.6 is 24.0 Å². The molecule has 1 heterocycles. The Balaban J connectivity index is 0.00000338. The molecule has 2 rings (SSSR count). The number of nitro benzene ring substituents is 1. The lowest BCUT2D eigenvalue weighted by atomic mass is 10.1. The molecule has 146 valence electrons. The predicted octanol–water partition coefficient (Wildman–Crippen LogP) is 1.89. The summed E-state index contributed by atoms with van der Waals surface area (Å²) in [4.78, 5) is 14.3. The van der Waals surface area contributed by atoms with Crippen LogP contribution in [0.4, 0.5) is 5.69 Å². The number of guanidine groups is 1. The highest BCUT2D eigenvalue weighted by atomic mass is 127. The van der Waals surface area contributed by atoms with Crippen molar-refractivity contribution in [2.24, 2.45) is 4.99 Å². The van der Waals surface area contributed by atoms with Crippen LogP contribution < -0.4 is 10.6 Å². The lowest BCUT2D eigenvalue weighted by molar-refractivity contribution is -0.384. The van der Waals surface area contributed by atoms with Gasteiger partial charge in [0.15, 0.2) is 15.8 Å². The van der Waals surface area contributed by atoms with Gasteiger partial charge in [0, 0.05) is 31.8 Å². The zero-order valence-electron chi connectivity index (χ0n) is 14.7. The summed E-state index contributed by atoms with van der Waals surface area (Å²) in [7, 11) is -1.24. The second-order valence-corrected chi connectivity index (χ2v) is 8.35. The first-order valence-corrected chi connectivity index (χ1v) is 10.1. The number of nitro groups is 1. The van der Waals surface area contributed by atoms with E-state index in [9.17, 15) is 18.5 Å². The standard InChI is InChI=1S/C16H24N4O4S.HI/c1-17-16(19-14-9-11-25(23,24)12-14)18-10-3-2-4-13-5-7-15(8-6-13)20(21)22;/h5-8,14H,2-4,9-12H2,1H3,(H2,17,18,19);1H. The summed E-state index contributed by atoms with van der Waals surface area (Å²) < 4.78 is 22.9. The Morgan fingerprint density at radius 1 is 1.31 bits per heavy atom. The maximum Gasteiger partial charge on any atom is 0.269 e. The van der Waals surface area contributed by atoms with Crippen molar-refractivity contribution in [3.05, 3.63) is 39.9 Å². The SMILES string of the molecule is CN=C(NCCCCc1ccc([N+](=O)[O-])cc1)NC1CCS(=O)(=O)C1.I. The summed E-state index contributed by atoms with van der Waals surface area (Å²) in [5.74, 6) is 1.02. The number of aliphatic imine (C=N–C) groups is 1. The molecule has 1 unspecified atom stereocenters. The molecule has 1 aliphatic heterocycles. The third-order valence-corrected chi connectivity index (χ3v) is 5.90. The van der Waals surface area contributed by atoms with Gasteiger partial charge in [-0.2, -0.15) is 0 Å². The van der Waals surface area contributed by atoms with E-state index in [1.807, 2.05) is 0 Å².